The van der Waals surface area contributed by atoms with Crippen LogP contribution in [-0.2, 0) is 6.61 Å². The molecule has 0 radical (unpaired) electrons. The van der Waals surface area contributed by atoms with E-state index in [2.05, 4.69) is 49.0 Å². The number of nitrogens with zero attached hydrogens (tertiary/aromatic N) is 1. The highest BCUT2D eigenvalue weighted by Crippen LogP contribution is 2.35. The lowest BCUT2D eigenvalue weighted by molar-refractivity contribution is 0.0955. The van der Waals surface area contributed by atoms with E-state index < -0.39 is 0 Å². The van der Waals surface area contributed by atoms with Crippen LogP contribution in [0.1, 0.15) is 28.4 Å². The molecule has 0 aliphatic heterocycles. The lowest BCUT2D eigenvalue weighted by Gasteiger charge is -2.15. The van der Waals surface area contributed by atoms with Crippen molar-refractivity contribution in [1.29, 1.82) is 0 Å². The summed E-state index contributed by atoms with van der Waals surface area (Å²) in [4.78, 5) is 12.2. The molecule has 0 unspecified atom stereocenters. The number of nitrogens with one attached hydrogen (secondary N) is 1. The summed E-state index contributed by atoms with van der Waals surface area (Å²) in [5, 5.41) is 5.04. The van der Waals surface area contributed by atoms with Crippen LogP contribution < -0.4 is 14.9 Å². The van der Waals surface area contributed by atoms with E-state index in [1.54, 1.807) is 36.5 Å². The van der Waals surface area contributed by atoms with Crippen molar-refractivity contribution < 1.29 is 14.3 Å². The van der Waals surface area contributed by atoms with Gasteiger partial charge in [0.25, 0.3) is 5.91 Å². The van der Waals surface area contributed by atoms with Crippen LogP contribution in [0, 0.1) is 3.57 Å². The Morgan fingerprint density at radius 2 is 1.94 bits per heavy atom. The number of hydrogen-bond acceptors (Lipinski definition) is 4. The largest absolute Gasteiger partial charge is 0.490 e. The molecule has 3 aromatic rings. The van der Waals surface area contributed by atoms with Crippen LogP contribution in [0.15, 0.2) is 64.2 Å². The molecule has 0 fully saturated rings. The Morgan fingerprint density at radius 3 is 2.66 bits per heavy atom. The zero-order chi connectivity index (χ0) is 23.1. The number of benzene rings is 3. The summed E-state index contributed by atoms with van der Waals surface area (Å²) in [6.45, 7) is 2.68. The lowest BCUT2D eigenvalue weighted by Crippen LogP contribution is -2.17. The van der Waals surface area contributed by atoms with E-state index in [1.165, 1.54) is 0 Å². The molecule has 0 aliphatic rings. The first-order valence-electron chi connectivity index (χ1n) is 9.49. The highest BCUT2D eigenvalue weighted by Gasteiger charge is 2.13. The van der Waals surface area contributed by atoms with Gasteiger partial charge in [0, 0.05) is 10.0 Å². The molecule has 9 heteroatoms. The minimum absolute atomic E-state index is 0.302. The second-order valence-electron chi connectivity index (χ2n) is 6.51. The molecule has 0 heterocycles. The summed E-state index contributed by atoms with van der Waals surface area (Å²) in [5.41, 5.74) is 4.68. The zero-order valence-electron chi connectivity index (χ0n) is 16.9. The molecule has 5 nitrogen and oxygen atoms in total. The van der Waals surface area contributed by atoms with Gasteiger partial charge in [-0.25, -0.2) is 5.43 Å². The number of ether oxygens (including phenoxy) is 2. The Bertz CT molecular complexity index is 1160. The highest BCUT2D eigenvalue weighted by atomic mass is 127. The first kappa shape index (κ1) is 24.8. The van der Waals surface area contributed by atoms with Crippen LogP contribution in [0.3, 0.4) is 0 Å². The van der Waals surface area contributed by atoms with Gasteiger partial charge in [0.05, 0.1) is 26.4 Å². The van der Waals surface area contributed by atoms with Crippen LogP contribution in [-0.4, -0.2) is 18.7 Å². The first-order chi connectivity index (χ1) is 15.4. The monoisotopic (exact) mass is 646 g/mol. The van der Waals surface area contributed by atoms with E-state index in [0.29, 0.717) is 40.3 Å². The lowest BCUT2D eigenvalue weighted by atomic mass is 10.2. The van der Waals surface area contributed by atoms with Gasteiger partial charge in [0.2, 0.25) is 0 Å². The van der Waals surface area contributed by atoms with E-state index in [1.807, 2.05) is 31.2 Å². The van der Waals surface area contributed by atoms with Crippen molar-refractivity contribution in [2.45, 2.75) is 13.5 Å². The molecule has 0 aliphatic carbocycles. The maximum absolute atomic E-state index is 12.2. The molecular weight excluding hydrogens is 630 g/mol. The third-order valence-electron chi connectivity index (χ3n) is 4.17. The van der Waals surface area contributed by atoms with Crippen molar-refractivity contribution in [2.24, 2.45) is 5.10 Å². The predicted molar refractivity (Wildman–Crippen MR) is 140 cm³/mol. The minimum atomic E-state index is -0.302. The fourth-order valence-corrected chi connectivity index (χ4v) is 4.21. The summed E-state index contributed by atoms with van der Waals surface area (Å²) in [6, 6.07) is 16.1. The second kappa shape index (κ2) is 11.9. The van der Waals surface area contributed by atoms with Gasteiger partial charge in [-0.15, -0.1) is 0 Å². The maximum Gasteiger partial charge on any atom is 0.271 e. The molecule has 3 aromatic carbocycles. The Kier molecular flexibility index (Phi) is 9.22. The summed E-state index contributed by atoms with van der Waals surface area (Å²) in [7, 11) is 0. The average molecular weight is 648 g/mol. The summed E-state index contributed by atoms with van der Waals surface area (Å²) in [5.74, 6) is 0.900. The minimum Gasteiger partial charge on any atom is -0.490 e. The van der Waals surface area contributed by atoms with E-state index in [4.69, 9.17) is 32.7 Å². The molecule has 3 rings (SSSR count). The van der Waals surface area contributed by atoms with E-state index in [-0.39, 0.29) is 5.91 Å². The Balaban J connectivity index is 1.73. The Hall–Kier alpha value is -1.81. The number of carbonyl (C=O) groups is 1. The number of hydrogen-bond donors (Lipinski definition) is 1. The quantitative estimate of drug-likeness (QED) is 0.161. The molecular formula is C23H18BrCl2IN2O3. The summed E-state index contributed by atoms with van der Waals surface area (Å²) >= 11 is 17.6. The first-order valence-corrected chi connectivity index (χ1v) is 12.1. The predicted octanol–water partition coefficient (Wildman–Crippen LogP) is 7.10. The van der Waals surface area contributed by atoms with Gasteiger partial charge in [-0.2, -0.15) is 5.10 Å². The van der Waals surface area contributed by atoms with Crippen molar-refractivity contribution in [1.82, 2.24) is 5.43 Å². The van der Waals surface area contributed by atoms with Gasteiger partial charge in [0.15, 0.2) is 11.5 Å². The fourth-order valence-electron chi connectivity index (χ4n) is 2.71. The molecule has 0 saturated heterocycles. The van der Waals surface area contributed by atoms with Gasteiger partial charge in [-0.05, 0) is 83.1 Å². The van der Waals surface area contributed by atoms with Crippen molar-refractivity contribution in [3.63, 3.8) is 0 Å². The van der Waals surface area contributed by atoms with Crippen LogP contribution >= 0.6 is 61.7 Å². The third-order valence-corrected chi connectivity index (χ3v) is 6.20. The maximum atomic E-state index is 12.2. The SMILES string of the molecule is CCOc1cc(/C=N/NC(=O)c2cccc(Br)c2)cc(I)c1OCc1ccc(Cl)c(Cl)c1. The zero-order valence-corrected chi connectivity index (χ0v) is 22.1. The number of halogens is 4. The Labute approximate surface area is 218 Å². The van der Waals surface area contributed by atoms with Crippen molar-refractivity contribution in [3.8, 4) is 11.5 Å². The van der Waals surface area contributed by atoms with Crippen molar-refractivity contribution >= 4 is 73.8 Å². The van der Waals surface area contributed by atoms with Gasteiger partial charge in [-0.3, -0.25) is 4.79 Å². The molecule has 0 bridgehead atoms. The van der Waals surface area contributed by atoms with E-state index in [0.717, 1.165) is 19.2 Å². The molecule has 1 amide bonds. The smallest absolute Gasteiger partial charge is 0.271 e. The number of rotatable bonds is 8. The Morgan fingerprint density at radius 1 is 1.12 bits per heavy atom. The molecule has 0 atom stereocenters. The molecule has 166 valence electrons. The van der Waals surface area contributed by atoms with Gasteiger partial charge in [-0.1, -0.05) is 51.3 Å². The highest BCUT2D eigenvalue weighted by molar-refractivity contribution is 14.1. The van der Waals surface area contributed by atoms with Crippen LogP contribution in [0.25, 0.3) is 0 Å². The van der Waals surface area contributed by atoms with Crippen molar-refractivity contribution in [2.75, 3.05) is 6.61 Å². The number of carbonyl (C=O) groups excluding carboxylic acids is 1. The van der Waals surface area contributed by atoms with Gasteiger partial charge < -0.3 is 9.47 Å². The molecule has 1 N–H and O–H groups in total. The molecule has 32 heavy (non-hydrogen) atoms. The topological polar surface area (TPSA) is 59.9 Å². The average Bonchev–Trinajstić information content (AvgIpc) is 2.75. The van der Waals surface area contributed by atoms with Crippen LogP contribution in [0.4, 0.5) is 0 Å². The molecule has 0 saturated carbocycles. The fraction of sp³-hybridized carbons (Fsp3) is 0.130. The van der Waals surface area contributed by atoms with E-state index in [9.17, 15) is 4.79 Å². The van der Waals surface area contributed by atoms with Gasteiger partial charge in [0.1, 0.15) is 6.61 Å². The normalized spacial score (nSPS) is 10.9. The molecule has 0 aromatic heterocycles. The van der Waals surface area contributed by atoms with E-state index >= 15 is 0 Å². The number of hydrazone groups is 1. The molecule has 0 spiro atoms. The number of amides is 1. The standard InChI is InChI=1S/C23H18BrCl2IN2O3/c1-2-31-21-10-15(12-28-29-23(30)16-4-3-5-17(24)11-16)9-20(27)22(21)32-13-14-6-7-18(25)19(26)8-14/h3-12H,2,13H2,1H3,(H,29,30)/b28-12+. The summed E-state index contributed by atoms with van der Waals surface area (Å²) < 4.78 is 13.4. The van der Waals surface area contributed by atoms with Crippen LogP contribution in [0.5, 0.6) is 11.5 Å². The van der Waals surface area contributed by atoms with Crippen LogP contribution in [0.2, 0.25) is 10.0 Å². The van der Waals surface area contributed by atoms with Crippen molar-refractivity contribution in [3.05, 3.63) is 89.4 Å². The van der Waals surface area contributed by atoms with Gasteiger partial charge >= 0.3 is 0 Å². The summed E-state index contributed by atoms with van der Waals surface area (Å²) in [6.07, 6.45) is 1.56. The second-order valence-corrected chi connectivity index (χ2v) is 9.40. The third kappa shape index (κ3) is 6.84.